The maximum absolute atomic E-state index is 2.94. The van der Waals surface area contributed by atoms with E-state index in [1.54, 1.807) is 0 Å². The minimum atomic E-state index is 1.27. The van der Waals surface area contributed by atoms with E-state index in [0.29, 0.717) is 0 Å². The third-order valence-electron chi connectivity index (χ3n) is 19.0. The Balaban J connectivity index is 2.71. The molecular weight excluding hydrogens is 971 g/mol. The van der Waals surface area contributed by atoms with Gasteiger partial charge in [-0.25, -0.2) is 0 Å². The molecule has 480 valence electrons. The molecule has 1 aliphatic rings. The van der Waals surface area contributed by atoms with E-state index in [1.807, 2.05) is 0 Å². The number of nitrogens with zero attached hydrogens (tertiary/aromatic N) is 5. The molecule has 1 saturated heterocycles. The van der Waals surface area contributed by atoms with Gasteiger partial charge in [0, 0.05) is 52.4 Å². The van der Waals surface area contributed by atoms with Crippen LogP contribution in [0.15, 0.2) is 0 Å². The van der Waals surface area contributed by atoms with Crippen LogP contribution in [0.2, 0.25) is 0 Å². The van der Waals surface area contributed by atoms with Crippen molar-refractivity contribution >= 4 is 0 Å². The Morgan fingerprint density at radius 2 is 0.325 bits per heavy atom. The van der Waals surface area contributed by atoms with Crippen molar-refractivity contribution in [3.8, 4) is 0 Å². The molecule has 0 spiro atoms. The van der Waals surface area contributed by atoms with Gasteiger partial charge in [-0.3, -0.25) is 4.90 Å². The second-order valence-electron chi connectivity index (χ2n) is 26.9. The maximum atomic E-state index is 2.94. The molecule has 0 N–H and O–H groups in total. The van der Waals surface area contributed by atoms with Crippen molar-refractivity contribution in [3.05, 3.63) is 0 Å². The largest absolute Gasteiger partial charge is 0.303 e. The Bertz CT molecular complexity index is 1060. The van der Waals surface area contributed by atoms with Crippen LogP contribution in [0, 0.1) is 0 Å². The molecule has 80 heavy (non-hydrogen) atoms. The van der Waals surface area contributed by atoms with Gasteiger partial charge < -0.3 is 19.6 Å². The Morgan fingerprint density at radius 3 is 0.550 bits per heavy atom. The molecular formula is C75H155N5. The van der Waals surface area contributed by atoms with Gasteiger partial charge in [0.25, 0.3) is 0 Å². The van der Waals surface area contributed by atoms with Crippen molar-refractivity contribution < 1.29 is 0 Å². The van der Waals surface area contributed by atoms with Crippen LogP contribution >= 0.6 is 0 Å². The predicted octanol–water partition coefficient (Wildman–Crippen LogP) is 23.1. The summed E-state index contributed by atoms with van der Waals surface area (Å²) in [5, 5.41) is 0. The van der Waals surface area contributed by atoms with Gasteiger partial charge in [0.15, 0.2) is 0 Å². The third-order valence-corrected chi connectivity index (χ3v) is 19.0. The first kappa shape index (κ1) is 77.8. The van der Waals surface area contributed by atoms with Crippen molar-refractivity contribution in [1.82, 2.24) is 24.5 Å². The van der Waals surface area contributed by atoms with Crippen LogP contribution in [0.1, 0.15) is 388 Å². The normalized spacial score (nSPS) is 13.7. The van der Waals surface area contributed by atoms with E-state index in [4.69, 9.17) is 0 Å². The van der Waals surface area contributed by atoms with Crippen LogP contribution in [-0.2, 0) is 0 Å². The molecule has 0 unspecified atom stereocenters. The lowest BCUT2D eigenvalue weighted by Crippen LogP contribution is -2.49. The van der Waals surface area contributed by atoms with E-state index in [9.17, 15) is 0 Å². The van der Waals surface area contributed by atoms with Crippen LogP contribution in [0.5, 0.6) is 0 Å². The highest BCUT2D eigenvalue weighted by Crippen LogP contribution is 2.18. The summed E-state index contributed by atoms with van der Waals surface area (Å²) in [7, 11) is 0. The quantitative estimate of drug-likeness (QED) is 0.0563. The van der Waals surface area contributed by atoms with Crippen molar-refractivity contribution in [3.63, 3.8) is 0 Å². The van der Waals surface area contributed by atoms with Gasteiger partial charge in [-0.05, 0) is 84.3 Å². The summed E-state index contributed by atoms with van der Waals surface area (Å²) in [5.74, 6) is 0. The van der Waals surface area contributed by atoms with E-state index in [1.165, 1.54) is 451 Å². The molecule has 1 rings (SSSR count). The molecule has 1 fully saturated rings. The monoisotopic (exact) mass is 1130 g/mol. The first-order valence-corrected chi connectivity index (χ1v) is 38.3. The molecule has 0 aromatic rings. The lowest BCUT2D eigenvalue weighted by Gasteiger charge is -2.36. The van der Waals surface area contributed by atoms with Gasteiger partial charge in [-0.2, -0.15) is 0 Å². The highest BCUT2D eigenvalue weighted by Gasteiger charge is 2.19. The summed E-state index contributed by atoms with van der Waals surface area (Å²) >= 11 is 0. The van der Waals surface area contributed by atoms with Crippen LogP contribution in [0.3, 0.4) is 0 Å². The Labute approximate surface area is 508 Å². The van der Waals surface area contributed by atoms with Crippen molar-refractivity contribution in [2.24, 2.45) is 0 Å². The molecule has 0 aliphatic carbocycles. The summed E-state index contributed by atoms with van der Waals surface area (Å²) in [6, 6.07) is 0. The highest BCUT2D eigenvalue weighted by atomic mass is 15.3. The van der Waals surface area contributed by atoms with Gasteiger partial charge in [0.2, 0.25) is 0 Å². The molecule has 0 aromatic heterocycles. The first-order valence-electron chi connectivity index (χ1n) is 38.3. The molecule has 5 nitrogen and oxygen atoms in total. The standard InChI is InChI=1S/C75H155N5/c1-6-11-16-21-26-31-36-38-43-47-52-57-63-77(64-58-53-48-44-39-37-32-27-22-17-12-7-2)68-69-78(65-59-54-49-42-35-30-25-20-15-10-5)70-73-80-74-71-79(72-75-80)67-60-66-76(61-55-50-45-40-33-28-23-18-13-8-3)62-56-51-46-41-34-29-24-19-14-9-4/h6-75H2,1-5H3. The molecule has 0 saturated carbocycles. The first-order chi connectivity index (χ1) is 39.7. The van der Waals surface area contributed by atoms with Crippen LogP contribution in [-0.4, -0.2) is 123 Å². The van der Waals surface area contributed by atoms with E-state index >= 15 is 0 Å². The predicted molar refractivity (Wildman–Crippen MR) is 365 cm³/mol. The van der Waals surface area contributed by atoms with Crippen LogP contribution in [0.25, 0.3) is 0 Å². The van der Waals surface area contributed by atoms with Crippen molar-refractivity contribution in [2.75, 3.05) is 98.2 Å². The molecule has 0 aromatic carbocycles. The van der Waals surface area contributed by atoms with Gasteiger partial charge in [0.05, 0.1) is 0 Å². The number of rotatable bonds is 69. The number of hydrogen-bond acceptors (Lipinski definition) is 5. The van der Waals surface area contributed by atoms with Crippen LogP contribution < -0.4 is 0 Å². The number of piperazine rings is 1. The van der Waals surface area contributed by atoms with Gasteiger partial charge >= 0.3 is 0 Å². The SMILES string of the molecule is CCCCCCCCCCCCCCN(CCCCCCCCCCCCCC)CCN(CCCCCCCCCCCC)CCN1CCN(CCCN(CCCCCCCCCCCC)CCCCCCCCCCCC)CC1. The van der Waals surface area contributed by atoms with Gasteiger partial charge in [-0.1, -0.05) is 349 Å². The zero-order chi connectivity index (χ0) is 57.4. The lowest BCUT2D eigenvalue weighted by atomic mass is 10.0. The summed E-state index contributed by atoms with van der Waals surface area (Å²) in [6.07, 6.45) is 79.4. The molecule has 0 atom stereocenters. The third kappa shape index (κ3) is 56.9. The minimum Gasteiger partial charge on any atom is -0.303 e. The van der Waals surface area contributed by atoms with Crippen molar-refractivity contribution in [1.29, 1.82) is 0 Å². The van der Waals surface area contributed by atoms with Gasteiger partial charge in [-0.15, -0.1) is 0 Å². The summed E-state index contributed by atoms with van der Waals surface area (Å²) < 4.78 is 0. The van der Waals surface area contributed by atoms with Crippen molar-refractivity contribution in [2.45, 2.75) is 388 Å². The Morgan fingerprint density at radius 1 is 0.163 bits per heavy atom. The zero-order valence-electron chi connectivity index (χ0n) is 56.7. The average molecular weight is 1130 g/mol. The topological polar surface area (TPSA) is 16.2 Å². The fourth-order valence-corrected chi connectivity index (χ4v) is 13.1. The zero-order valence-corrected chi connectivity index (χ0v) is 56.7. The molecule has 5 heteroatoms. The lowest BCUT2D eigenvalue weighted by molar-refractivity contribution is 0.110. The molecule has 0 bridgehead atoms. The Hall–Kier alpha value is -0.200. The molecule has 0 radical (unpaired) electrons. The molecule has 1 aliphatic heterocycles. The number of unbranched alkanes of at least 4 members (excludes halogenated alkanes) is 49. The minimum absolute atomic E-state index is 1.27. The van der Waals surface area contributed by atoms with E-state index in [-0.39, 0.29) is 0 Å². The maximum Gasteiger partial charge on any atom is 0.0110 e. The summed E-state index contributed by atoms with van der Waals surface area (Å²) in [5.41, 5.74) is 0. The smallest absolute Gasteiger partial charge is 0.0110 e. The molecule has 1 heterocycles. The highest BCUT2D eigenvalue weighted by molar-refractivity contribution is 4.75. The number of hydrogen-bond donors (Lipinski definition) is 0. The second-order valence-corrected chi connectivity index (χ2v) is 26.9. The average Bonchev–Trinajstić information content (AvgIpc) is 3.47. The van der Waals surface area contributed by atoms with Crippen LogP contribution in [0.4, 0.5) is 0 Å². The summed E-state index contributed by atoms with van der Waals surface area (Å²) in [4.78, 5) is 14.5. The molecule has 0 amide bonds. The van der Waals surface area contributed by atoms with E-state index < -0.39 is 0 Å². The Kier molecular flexibility index (Phi) is 64.5. The van der Waals surface area contributed by atoms with Gasteiger partial charge in [0.1, 0.15) is 0 Å². The summed E-state index contributed by atoms with van der Waals surface area (Å²) in [6.45, 7) is 31.2. The fraction of sp³-hybridized carbons (Fsp3) is 1.00. The van der Waals surface area contributed by atoms with E-state index in [2.05, 4.69) is 59.1 Å². The van der Waals surface area contributed by atoms with E-state index in [0.717, 1.165) is 0 Å². The second kappa shape index (κ2) is 66.3. The fourth-order valence-electron chi connectivity index (χ4n) is 13.1.